The van der Waals surface area contributed by atoms with Gasteiger partial charge in [-0.15, -0.1) is 0 Å². The van der Waals surface area contributed by atoms with Gasteiger partial charge in [0.2, 0.25) is 0 Å². The van der Waals surface area contributed by atoms with E-state index in [1.165, 1.54) is 12.1 Å². The van der Waals surface area contributed by atoms with Crippen LogP contribution in [0.25, 0.3) is 10.9 Å². The van der Waals surface area contributed by atoms with E-state index in [1.54, 1.807) is 16.9 Å². The highest BCUT2D eigenvalue weighted by atomic mass is 35.5. The van der Waals surface area contributed by atoms with E-state index in [-0.39, 0.29) is 22.4 Å². The Bertz CT molecular complexity index is 1180. The molecule has 4 rings (SSSR count). The first-order chi connectivity index (χ1) is 14.9. The fraction of sp³-hybridized carbons (Fsp3) is 0.261. The van der Waals surface area contributed by atoms with Gasteiger partial charge in [-0.1, -0.05) is 11.6 Å². The van der Waals surface area contributed by atoms with Crippen LogP contribution in [0.1, 0.15) is 26.4 Å². The monoisotopic (exact) mass is 441 g/mol. The molecule has 2 heterocycles. The van der Waals surface area contributed by atoms with Crippen LogP contribution < -0.4 is 4.74 Å². The van der Waals surface area contributed by atoms with Crippen molar-refractivity contribution in [2.75, 3.05) is 33.3 Å². The quantitative estimate of drug-likeness (QED) is 0.617. The van der Waals surface area contributed by atoms with Gasteiger partial charge in [-0.25, -0.2) is 4.39 Å². The Morgan fingerprint density at radius 2 is 1.61 bits per heavy atom. The Hall–Kier alpha value is -3.19. The van der Waals surface area contributed by atoms with Crippen molar-refractivity contribution in [2.45, 2.75) is 6.92 Å². The molecule has 0 radical (unpaired) electrons. The molecule has 0 saturated carbocycles. The lowest BCUT2D eigenvalue weighted by atomic mass is 10.1. The number of ether oxygens (including phenoxy) is 1. The van der Waals surface area contributed by atoms with Crippen molar-refractivity contribution in [1.29, 1.82) is 0 Å². The molecule has 0 aliphatic carbocycles. The second-order valence-electron chi connectivity index (χ2n) is 7.39. The van der Waals surface area contributed by atoms with Crippen molar-refractivity contribution in [3.05, 3.63) is 70.1 Å². The highest BCUT2D eigenvalue weighted by Crippen LogP contribution is 2.24. The lowest BCUT2D eigenvalue weighted by Gasteiger charge is -2.35. The fourth-order valence-electron chi connectivity index (χ4n) is 3.70. The van der Waals surface area contributed by atoms with Gasteiger partial charge in [-0.3, -0.25) is 14.6 Å². The van der Waals surface area contributed by atoms with E-state index in [0.29, 0.717) is 43.2 Å². The van der Waals surface area contributed by atoms with E-state index in [9.17, 15) is 14.0 Å². The molecule has 1 aliphatic rings. The molecule has 0 N–H and O–H groups in total. The van der Waals surface area contributed by atoms with Crippen LogP contribution >= 0.6 is 11.6 Å². The summed E-state index contributed by atoms with van der Waals surface area (Å²) in [4.78, 5) is 33.8. The number of aryl methyl sites for hydroxylation is 1. The third kappa shape index (κ3) is 4.18. The maximum Gasteiger partial charge on any atom is 0.255 e. The third-order valence-corrected chi connectivity index (χ3v) is 5.77. The predicted octanol–water partition coefficient (Wildman–Crippen LogP) is 3.94. The van der Waals surface area contributed by atoms with Gasteiger partial charge in [0.25, 0.3) is 11.8 Å². The van der Waals surface area contributed by atoms with Crippen molar-refractivity contribution < 1.29 is 18.7 Å². The number of carbonyl (C=O) groups is 2. The van der Waals surface area contributed by atoms with Crippen LogP contribution in [0.3, 0.4) is 0 Å². The molecule has 0 spiro atoms. The van der Waals surface area contributed by atoms with Crippen molar-refractivity contribution >= 4 is 34.3 Å². The first-order valence-electron chi connectivity index (χ1n) is 9.86. The van der Waals surface area contributed by atoms with Crippen molar-refractivity contribution in [1.82, 2.24) is 14.8 Å². The number of benzene rings is 2. The SMILES string of the molecule is COc1ccc2cc(C(=O)N3CCN(C(=O)c4ccc(F)cc4Cl)CC3)c(C)nc2c1. The maximum atomic E-state index is 13.3. The minimum absolute atomic E-state index is 0.0815. The number of hydrogen-bond acceptors (Lipinski definition) is 4. The number of aromatic nitrogens is 1. The standard InChI is InChI=1S/C23H21ClFN3O3/c1-14-19(11-15-3-5-17(31-2)13-21(15)26-14)23(30)28-9-7-27(8-10-28)22(29)18-6-4-16(25)12-20(18)24/h3-6,11-13H,7-10H2,1-2H3. The lowest BCUT2D eigenvalue weighted by molar-refractivity contribution is 0.0535. The maximum absolute atomic E-state index is 13.3. The minimum atomic E-state index is -0.491. The molecule has 2 amide bonds. The molecular weight excluding hydrogens is 421 g/mol. The van der Waals surface area contributed by atoms with Gasteiger partial charge in [0.1, 0.15) is 11.6 Å². The van der Waals surface area contributed by atoms with Crippen LogP contribution in [-0.4, -0.2) is 59.9 Å². The van der Waals surface area contributed by atoms with E-state index in [2.05, 4.69) is 4.98 Å². The summed E-state index contributed by atoms with van der Waals surface area (Å²) in [5.74, 6) is -0.167. The second-order valence-corrected chi connectivity index (χ2v) is 7.80. The van der Waals surface area contributed by atoms with E-state index in [0.717, 1.165) is 17.0 Å². The number of hydrogen-bond donors (Lipinski definition) is 0. The van der Waals surface area contributed by atoms with Gasteiger partial charge >= 0.3 is 0 Å². The molecule has 0 atom stereocenters. The highest BCUT2D eigenvalue weighted by Gasteiger charge is 2.27. The zero-order chi connectivity index (χ0) is 22.1. The van der Waals surface area contributed by atoms with Gasteiger partial charge in [0.05, 0.1) is 34.5 Å². The lowest BCUT2D eigenvalue weighted by Crippen LogP contribution is -2.50. The number of fused-ring (bicyclic) bond motifs is 1. The van der Waals surface area contributed by atoms with Crippen LogP contribution in [0.5, 0.6) is 5.75 Å². The van der Waals surface area contributed by atoms with E-state index < -0.39 is 5.82 Å². The number of pyridine rings is 1. The largest absolute Gasteiger partial charge is 0.497 e. The summed E-state index contributed by atoms with van der Waals surface area (Å²) in [6.45, 7) is 3.33. The molecule has 8 heteroatoms. The smallest absolute Gasteiger partial charge is 0.255 e. The molecule has 3 aromatic rings. The van der Waals surface area contributed by atoms with Crippen LogP contribution in [-0.2, 0) is 0 Å². The number of methoxy groups -OCH3 is 1. The molecule has 6 nitrogen and oxygen atoms in total. The van der Waals surface area contributed by atoms with Crippen molar-refractivity contribution in [2.24, 2.45) is 0 Å². The van der Waals surface area contributed by atoms with E-state index >= 15 is 0 Å². The Balaban J connectivity index is 1.48. The molecule has 1 aromatic heterocycles. The molecule has 2 aromatic carbocycles. The van der Waals surface area contributed by atoms with Crippen LogP contribution in [0.15, 0.2) is 42.5 Å². The molecule has 1 aliphatic heterocycles. The number of amides is 2. The van der Waals surface area contributed by atoms with Crippen molar-refractivity contribution in [3.8, 4) is 5.75 Å². The molecular formula is C23H21ClFN3O3. The Kier molecular flexibility index (Phi) is 5.78. The minimum Gasteiger partial charge on any atom is -0.497 e. The zero-order valence-electron chi connectivity index (χ0n) is 17.2. The normalized spacial score (nSPS) is 14.1. The molecule has 160 valence electrons. The first kappa shape index (κ1) is 21.1. The Morgan fingerprint density at radius 3 is 2.23 bits per heavy atom. The second kappa shape index (κ2) is 8.51. The van der Waals surface area contributed by atoms with Gasteiger partial charge in [0, 0.05) is 37.6 Å². The summed E-state index contributed by atoms with van der Waals surface area (Å²) in [5.41, 5.74) is 2.20. The fourth-order valence-corrected chi connectivity index (χ4v) is 3.95. The zero-order valence-corrected chi connectivity index (χ0v) is 17.9. The average Bonchev–Trinajstić information content (AvgIpc) is 2.77. The number of rotatable bonds is 3. The topological polar surface area (TPSA) is 62.7 Å². The summed E-state index contributed by atoms with van der Waals surface area (Å²) in [7, 11) is 1.60. The molecule has 0 unspecified atom stereocenters. The predicted molar refractivity (Wildman–Crippen MR) is 116 cm³/mol. The third-order valence-electron chi connectivity index (χ3n) is 5.46. The molecule has 1 fully saturated rings. The Labute approximate surface area is 184 Å². The summed E-state index contributed by atoms with van der Waals surface area (Å²) < 4.78 is 18.5. The summed E-state index contributed by atoms with van der Waals surface area (Å²) in [6.07, 6.45) is 0. The number of nitrogens with zero attached hydrogens (tertiary/aromatic N) is 3. The summed E-state index contributed by atoms with van der Waals surface area (Å²) in [6, 6.07) is 11.1. The van der Waals surface area contributed by atoms with Gasteiger partial charge < -0.3 is 14.5 Å². The Morgan fingerprint density at radius 1 is 0.968 bits per heavy atom. The van der Waals surface area contributed by atoms with E-state index in [4.69, 9.17) is 16.3 Å². The van der Waals surface area contributed by atoms with Crippen LogP contribution in [0.4, 0.5) is 4.39 Å². The highest BCUT2D eigenvalue weighted by molar-refractivity contribution is 6.33. The van der Waals surface area contributed by atoms with Crippen LogP contribution in [0.2, 0.25) is 5.02 Å². The number of piperazine rings is 1. The summed E-state index contributed by atoms with van der Waals surface area (Å²) in [5, 5.41) is 0.938. The van der Waals surface area contributed by atoms with Gasteiger partial charge in [0.15, 0.2) is 0 Å². The molecule has 31 heavy (non-hydrogen) atoms. The van der Waals surface area contributed by atoms with Gasteiger partial charge in [-0.2, -0.15) is 0 Å². The number of halogens is 2. The number of carbonyl (C=O) groups excluding carboxylic acids is 2. The molecule has 0 bridgehead atoms. The van der Waals surface area contributed by atoms with Crippen molar-refractivity contribution in [3.63, 3.8) is 0 Å². The first-order valence-corrected chi connectivity index (χ1v) is 10.2. The van der Waals surface area contributed by atoms with E-state index in [1.807, 2.05) is 31.2 Å². The van der Waals surface area contributed by atoms with Gasteiger partial charge in [-0.05, 0) is 43.3 Å². The van der Waals surface area contributed by atoms with Crippen LogP contribution in [0, 0.1) is 12.7 Å². The molecule has 1 saturated heterocycles. The average molecular weight is 442 g/mol. The summed E-state index contributed by atoms with van der Waals surface area (Å²) >= 11 is 6.02.